The summed E-state index contributed by atoms with van der Waals surface area (Å²) in [6.45, 7) is 3.55. The van der Waals surface area contributed by atoms with Gasteiger partial charge in [-0.1, -0.05) is 30.7 Å². The summed E-state index contributed by atoms with van der Waals surface area (Å²) < 4.78 is 32.3. The van der Waals surface area contributed by atoms with Gasteiger partial charge in [-0.05, 0) is 43.7 Å². The molecule has 0 spiro atoms. The minimum atomic E-state index is -3.66. The lowest BCUT2D eigenvalue weighted by molar-refractivity contribution is -0.118. The number of carbonyl (C=O) groups excluding carboxylic acids is 1. The molecule has 0 fully saturated rings. The molecule has 0 saturated heterocycles. The van der Waals surface area contributed by atoms with Gasteiger partial charge in [-0.15, -0.1) is 0 Å². The van der Waals surface area contributed by atoms with Gasteiger partial charge < -0.3 is 15.0 Å². The van der Waals surface area contributed by atoms with Gasteiger partial charge in [0.05, 0.1) is 9.92 Å². The number of hydrogen-bond acceptors (Lipinski definition) is 6. The van der Waals surface area contributed by atoms with E-state index in [1.807, 2.05) is 6.92 Å². The Morgan fingerprint density at radius 3 is 2.67 bits per heavy atom. The Hall–Kier alpha value is -3.21. The molecule has 174 valence electrons. The molecule has 0 unspecified atom stereocenters. The number of nitrogens with one attached hydrogen (secondary N) is 3. The fourth-order valence-electron chi connectivity index (χ4n) is 2.89. The van der Waals surface area contributed by atoms with Crippen molar-refractivity contribution in [3.8, 4) is 17.1 Å². The Morgan fingerprint density at radius 1 is 1.18 bits per heavy atom. The molecule has 33 heavy (non-hydrogen) atoms. The number of hydrogen-bond donors (Lipinski definition) is 3. The number of aromatic nitrogens is 2. The van der Waals surface area contributed by atoms with Crippen molar-refractivity contribution in [3.63, 3.8) is 0 Å². The maximum Gasteiger partial charge on any atom is 0.262 e. The first-order valence-electron chi connectivity index (χ1n) is 10.1. The van der Waals surface area contributed by atoms with E-state index in [0.717, 1.165) is 0 Å². The molecule has 11 heteroatoms. The molecule has 9 nitrogen and oxygen atoms in total. The molecule has 0 radical (unpaired) electrons. The molecular formula is C22H23ClN4O5S. The predicted octanol–water partition coefficient (Wildman–Crippen LogP) is 3.10. The lowest BCUT2D eigenvalue weighted by atomic mass is 10.2. The van der Waals surface area contributed by atoms with Crippen molar-refractivity contribution in [2.75, 3.05) is 18.5 Å². The van der Waals surface area contributed by atoms with E-state index in [4.69, 9.17) is 16.3 Å². The van der Waals surface area contributed by atoms with Gasteiger partial charge in [0.25, 0.3) is 11.5 Å². The van der Waals surface area contributed by atoms with Gasteiger partial charge in [0.2, 0.25) is 10.0 Å². The summed E-state index contributed by atoms with van der Waals surface area (Å²) in [4.78, 5) is 31.0. The highest BCUT2D eigenvalue weighted by Gasteiger charge is 2.16. The Labute approximate surface area is 196 Å². The third kappa shape index (κ3) is 6.64. The zero-order valence-electron chi connectivity index (χ0n) is 18.0. The van der Waals surface area contributed by atoms with Crippen molar-refractivity contribution in [2.45, 2.75) is 25.2 Å². The second-order valence-electron chi connectivity index (χ2n) is 7.14. The van der Waals surface area contributed by atoms with Gasteiger partial charge in [-0.25, -0.2) is 18.1 Å². The zero-order chi connectivity index (χ0) is 24.0. The molecule has 0 atom stereocenters. The molecule has 0 aliphatic heterocycles. The molecule has 3 rings (SSSR count). The van der Waals surface area contributed by atoms with Gasteiger partial charge in [0.15, 0.2) is 6.61 Å². The van der Waals surface area contributed by atoms with E-state index in [2.05, 4.69) is 20.0 Å². The molecule has 2 aromatic carbocycles. The maximum absolute atomic E-state index is 12.3. The van der Waals surface area contributed by atoms with Crippen molar-refractivity contribution < 1.29 is 17.9 Å². The lowest BCUT2D eigenvalue weighted by Crippen LogP contribution is -2.24. The molecule has 0 aliphatic rings. The summed E-state index contributed by atoms with van der Waals surface area (Å²) >= 11 is 6.14. The molecule has 1 aromatic heterocycles. The Kier molecular flexibility index (Phi) is 7.85. The van der Waals surface area contributed by atoms with Crippen molar-refractivity contribution in [3.05, 3.63) is 69.6 Å². The summed E-state index contributed by atoms with van der Waals surface area (Å²) in [6, 6.07) is 12.3. The van der Waals surface area contributed by atoms with Crippen molar-refractivity contribution in [2.24, 2.45) is 0 Å². The van der Waals surface area contributed by atoms with Crippen molar-refractivity contribution >= 4 is 33.2 Å². The fourth-order valence-corrected chi connectivity index (χ4v) is 4.35. The van der Waals surface area contributed by atoms with Crippen LogP contribution in [0.2, 0.25) is 5.02 Å². The standard InChI is InChI=1S/C22H23ClN4O5S/c1-3-9-24-33(30,31)17-7-8-19(18(23)12-17)32-13-21(29)26-16-6-4-5-15(11-16)22-25-14(2)10-20(28)27-22/h4-8,10-12,24H,3,9,13H2,1-2H3,(H,26,29)(H,25,27,28). The number of anilines is 1. The normalized spacial score (nSPS) is 11.2. The van der Waals surface area contributed by atoms with Gasteiger partial charge in [0, 0.05) is 29.6 Å². The Bertz CT molecular complexity index is 1320. The second-order valence-corrected chi connectivity index (χ2v) is 9.32. The minimum Gasteiger partial charge on any atom is -0.482 e. The molecular weight excluding hydrogens is 468 g/mol. The Balaban J connectivity index is 1.64. The van der Waals surface area contributed by atoms with E-state index in [1.54, 1.807) is 31.2 Å². The average Bonchev–Trinajstić information content (AvgIpc) is 2.76. The number of ether oxygens (including phenoxy) is 1. The highest BCUT2D eigenvalue weighted by atomic mass is 35.5. The minimum absolute atomic E-state index is 0.0115. The molecule has 3 N–H and O–H groups in total. The molecule has 0 aliphatic carbocycles. The van der Waals surface area contributed by atoms with Crippen LogP contribution in [0.3, 0.4) is 0 Å². The number of halogens is 1. The predicted molar refractivity (Wildman–Crippen MR) is 126 cm³/mol. The average molecular weight is 491 g/mol. The van der Waals surface area contributed by atoms with Crippen LogP contribution in [0.15, 0.2) is 58.2 Å². The van der Waals surface area contributed by atoms with Crippen LogP contribution in [0.25, 0.3) is 11.4 Å². The number of H-pyrrole nitrogens is 1. The SMILES string of the molecule is CCCNS(=O)(=O)c1ccc(OCC(=O)Nc2cccc(-c3nc(C)cc(=O)[nH]3)c2)c(Cl)c1. The van der Waals surface area contributed by atoms with Gasteiger partial charge in [-0.3, -0.25) is 9.59 Å². The number of rotatable bonds is 9. The zero-order valence-corrected chi connectivity index (χ0v) is 19.6. The first-order chi connectivity index (χ1) is 15.7. The van der Waals surface area contributed by atoms with Gasteiger partial charge >= 0.3 is 0 Å². The number of nitrogens with zero attached hydrogens (tertiary/aromatic N) is 1. The molecule has 0 bridgehead atoms. The molecule has 1 heterocycles. The number of carbonyl (C=O) groups is 1. The molecule has 1 amide bonds. The smallest absolute Gasteiger partial charge is 0.262 e. The van der Waals surface area contributed by atoms with Crippen molar-refractivity contribution in [1.82, 2.24) is 14.7 Å². The van der Waals surface area contributed by atoms with Crippen LogP contribution in [-0.2, 0) is 14.8 Å². The molecule has 3 aromatic rings. The first-order valence-corrected chi connectivity index (χ1v) is 11.9. The van der Waals surface area contributed by atoms with E-state index in [9.17, 15) is 18.0 Å². The number of benzene rings is 2. The third-order valence-electron chi connectivity index (χ3n) is 4.40. The topological polar surface area (TPSA) is 130 Å². The van der Waals surface area contributed by atoms with E-state index >= 15 is 0 Å². The van der Waals surface area contributed by atoms with Crippen molar-refractivity contribution in [1.29, 1.82) is 0 Å². The van der Waals surface area contributed by atoms with Crippen LogP contribution < -0.4 is 20.3 Å². The van der Waals surface area contributed by atoms with E-state index in [-0.39, 0.29) is 27.8 Å². The van der Waals surface area contributed by atoms with E-state index in [1.165, 1.54) is 24.3 Å². The van der Waals surface area contributed by atoms with Crippen LogP contribution in [0, 0.1) is 6.92 Å². The summed E-state index contributed by atoms with van der Waals surface area (Å²) in [5, 5.41) is 2.77. The van der Waals surface area contributed by atoms with E-state index in [0.29, 0.717) is 35.7 Å². The summed E-state index contributed by atoms with van der Waals surface area (Å²) in [5.41, 5.74) is 1.43. The highest BCUT2D eigenvalue weighted by molar-refractivity contribution is 7.89. The van der Waals surface area contributed by atoms with Crippen LogP contribution in [0.4, 0.5) is 5.69 Å². The number of sulfonamides is 1. The monoisotopic (exact) mass is 490 g/mol. The van der Waals surface area contributed by atoms with Crippen LogP contribution in [-0.4, -0.2) is 37.4 Å². The number of aryl methyl sites for hydroxylation is 1. The second kappa shape index (κ2) is 10.6. The lowest BCUT2D eigenvalue weighted by Gasteiger charge is -2.11. The highest BCUT2D eigenvalue weighted by Crippen LogP contribution is 2.27. The maximum atomic E-state index is 12.3. The largest absolute Gasteiger partial charge is 0.482 e. The van der Waals surface area contributed by atoms with Gasteiger partial charge in [0.1, 0.15) is 11.6 Å². The number of aromatic amines is 1. The summed E-state index contributed by atoms with van der Waals surface area (Å²) in [5.74, 6) is 0.120. The van der Waals surface area contributed by atoms with Crippen LogP contribution >= 0.6 is 11.6 Å². The van der Waals surface area contributed by atoms with E-state index < -0.39 is 15.9 Å². The Morgan fingerprint density at radius 2 is 1.97 bits per heavy atom. The quantitative estimate of drug-likeness (QED) is 0.422. The van der Waals surface area contributed by atoms with Gasteiger partial charge in [-0.2, -0.15) is 0 Å². The van der Waals surface area contributed by atoms with Crippen LogP contribution in [0.1, 0.15) is 19.0 Å². The summed E-state index contributed by atoms with van der Waals surface area (Å²) in [6.07, 6.45) is 0.658. The molecule has 0 saturated carbocycles. The van der Waals surface area contributed by atoms with Crippen LogP contribution in [0.5, 0.6) is 5.75 Å². The third-order valence-corrected chi connectivity index (χ3v) is 6.16. The fraction of sp³-hybridized carbons (Fsp3) is 0.227. The first kappa shape index (κ1) is 24.4. The summed E-state index contributed by atoms with van der Waals surface area (Å²) in [7, 11) is -3.66. The number of amides is 1.